The first-order chi connectivity index (χ1) is 10.4. The normalized spacial score (nSPS) is 20.7. The van der Waals surface area contributed by atoms with E-state index in [1.165, 1.54) is 22.7 Å². The van der Waals surface area contributed by atoms with Crippen molar-refractivity contribution < 1.29 is 29.3 Å². The third-order valence-corrected chi connectivity index (χ3v) is 4.93. The van der Waals surface area contributed by atoms with Crippen molar-refractivity contribution in [3.8, 4) is 11.5 Å². The van der Waals surface area contributed by atoms with Crippen molar-refractivity contribution in [2.45, 2.75) is 18.2 Å². The van der Waals surface area contributed by atoms with Crippen LogP contribution in [0.3, 0.4) is 0 Å². The molecule has 6 nitrogen and oxygen atoms in total. The van der Waals surface area contributed by atoms with Crippen LogP contribution in [0.1, 0.15) is 12.0 Å². The van der Waals surface area contributed by atoms with Crippen molar-refractivity contribution in [3.63, 3.8) is 0 Å². The minimum Gasteiger partial charge on any atom is -0.504 e. The van der Waals surface area contributed by atoms with Crippen LogP contribution in [0, 0.1) is 5.82 Å². The number of aliphatic carboxylic acids is 1. The number of thioether (sulfide) groups is 1. The number of carbonyl (C=O) groups is 2. The van der Waals surface area contributed by atoms with E-state index in [-0.39, 0.29) is 23.4 Å². The Morgan fingerprint density at radius 1 is 1.41 bits per heavy atom. The van der Waals surface area contributed by atoms with E-state index in [0.717, 1.165) is 6.07 Å². The van der Waals surface area contributed by atoms with Gasteiger partial charge in [0.2, 0.25) is 5.91 Å². The molecule has 0 aromatic heterocycles. The van der Waals surface area contributed by atoms with Crippen LogP contribution in [0.4, 0.5) is 4.39 Å². The second kappa shape index (κ2) is 5.20. The first kappa shape index (κ1) is 14.7. The zero-order valence-electron chi connectivity index (χ0n) is 11.2. The quantitative estimate of drug-likeness (QED) is 0.574. The molecular weight excluding hydrogens is 313 g/mol. The molecule has 3 rings (SSSR count). The maximum absolute atomic E-state index is 13.4. The molecule has 8 heteroatoms. The Kier molecular flexibility index (Phi) is 3.48. The average molecular weight is 325 g/mol. The molecule has 1 aromatic carbocycles. The highest BCUT2D eigenvalue weighted by Gasteiger charge is 2.45. The van der Waals surface area contributed by atoms with Crippen LogP contribution in [0.25, 0.3) is 0 Å². The van der Waals surface area contributed by atoms with Gasteiger partial charge in [0.05, 0.1) is 11.8 Å². The molecule has 1 atom stereocenters. The monoisotopic (exact) mass is 325 g/mol. The lowest BCUT2D eigenvalue weighted by Gasteiger charge is -2.44. The molecular formula is C14H12FNO5S. The van der Waals surface area contributed by atoms with Crippen molar-refractivity contribution in [2.24, 2.45) is 0 Å². The lowest BCUT2D eigenvalue weighted by atomic mass is 10.0. The summed E-state index contributed by atoms with van der Waals surface area (Å²) in [5, 5.41) is 27.9. The number of β-lactam (4-membered cyclic amide) rings is 1. The van der Waals surface area contributed by atoms with Crippen LogP contribution < -0.4 is 0 Å². The Labute approximate surface area is 128 Å². The SMILES string of the molecule is O=C(O)C1=C(Cc2cc(O)c(O)c(F)c2)CS[C@H]2CC(=O)N12. The summed E-state index contributed by atoms with van der Waals surface area (Å²) in [6, 6.07) is 2.22. The van der Waals surface area contributed by atoms with Crippen LogP contribution in [0.2, 0.25) is 0 Å². The number of carbonyl (C=O) groups excluding carboxylic acids is 1. The highest BCUT2D eigenvalue weighted by Crippen LogP contribution is 2.41. The topological polar surface area (TPSA) is 98.1 Å². The third-order valence-electron chi connectivity index (χ3n) is 3.65. The molecule has 0 aliphatic carbocycles. The summed E-state index contributed by atoms with van der Waals surface area (Å²) in [6.07, 6.45) is 0.402. The van der Waals surface area contributed by atoms with E-state index in [2.05, 4.69) is 0 Å². The highest BCUT2D eigenvalue weighted by molar-refractivity contribution is 8.00. The standard InChI is InChI=1S/C14H12FNO5S/c15-8-2-6(3-9(17)13(8)19)1-7-5-22-11-4-10(18)16(11)12(7)14(20)21/h2-3,11,17,19H,1,4-5H2,(H,20,21)/t11-/m0/s1. The molecule has 1 amide bonds. The summed E-state index contributed by atoms with van der Waals surface area (Å²) in [5.41, 5.74) is 0.743. The number of phenolic OH excluding ortho intramolecular Hbond substituents is 2. The van der Waals surface area contributed by atoms with E-state index in [1.54, 1.807) is 0 Å². The van der Waals surface area contributed by atoms with Crippen molar-refractivity contribution >= 4 is 23.6 Å². The third kappa shape index (κ3) is 2.29. The molecule has 1 aromatic rings. The molecule has 116 valence electrons. The minimum absolute atomic E-state index is 0.0621. The van der Waals surface area contributed by atoms with Gasteiger partial charge in [-0.05, 0) is 29.7 Å². The molecule has 0 radical (unpaired) electrons. The van der Waals surface area contributed by atoms with Gasteiger partial charge in [-0.2, -0.15) is 0 Å². The Balaban J connectivity index is 1.97. The van der Waals surface area contributed by atoms with Gasteiger partial charge in [0, 0.05) is 5.75 Å². The van der Waals surface area contributed by atoms with Crippen LogP contribution in [-0.4, -0.2) is 43.2 Å². The fourth-order valence-electron chi connectivity index (χ4n) is 2.60. The molecule has 0 saturated carbocycles. The summed E-state index contributed by atoms with van der Waals surface area (Å²) < 4.78 is 13.4. The van der Waals surface area contributed by atoms with Gasteiger partial charge in [-0.1, -0.05) is 0 Å². The number of carboxylic acid groups (broad SMARTS) is 1. The van der Waals surface area contributed by atoms with E-state index in [0.29, 0.717) is 23.3 Å². The lowest BCUT2D eigenvalue weighted by Crippen LogP contribution is -2.54. The molecule has 0 unspecified atom stereocenters. The van der Waals surface area contributed by atoms with E-state index in [1.807, 2.05) is 0 Å². The van der Waals surface area contributed by atoms with Crippen LogP contribution in [0.5, 0.6) is 11.5 Å². The molecule has 2 aliphatic heterocycles. The largest absolute Gasteiger partial charge is 0.504 e. The molecule has 22 heavy (non-hydrogen) atoms. The Morgan fingerprint density at radius 3 is 2.73 bits per heavy atom. The van der Waals surface area contributed by atoms with Gasteiger partial charge >= 0.3 is 5.97 Å². The molecule has 0 spiro atoms. The molecule has 3 N–H and O–H groups in total. The van der Waals surface area contributed by atoms with E-state index >= 15 is 0 Å². The van der Waals surface area contributed by atoms with Crippen molar-refractivity contribution in [2.75, 3.05) is 5.75 Å². The van der Waals surface area contributed by atoms with Gasteiger partial charge in [-0.3, -0.25) is 9.69 Å². The summed E-state index contributed by atoms with van der Waals surface area (Å²) >= 11 is 1.46. The number of carboxylic acids is 1. The number of aromatic hydroxyl groups is 2. The van der Waals surface area contributed by atoms with Crippen molar-refractivity contribution in [1.29, 1.82) is 0 Å². The second-order valence-corrected chi connectivity index (χ2v) is 6.28. The van der Waals surface area contributed by atoms with E-state index in [4.69, 9.17) is 0 Å². The number of hydrogen-bond donors (Lipinski definition) is 3. The number of fused-ring (bicyclic) bond motifs is 1. The Morgan fingerprint density at radius 2 is 2.14 bits per heavy atom. The van der Waals surface area contributed by atoms with Gasteiger partial charge in [-0.15, -0.1) is 11.8 Å². The maximum atomic E-state index is 13.4. The lowest BCUT2D eigenvalue weighted by molar-refractivity contribution is -0.146. The Bertz CT molecular complexity index is 694. The molecule has 2 aliphatic rings. The predicted molar refractivity (Wildman–Crippen MR) is 75.8 cm³/mol. The second-order valence-electron chi connectivity index (χ2n) is 5.11. The zero-order chi connectivity index (χ0) is 16.0. The van der Waals surface area contributed by atoms with E-state index in [9.17, 15) is 29.3 Å². The van der Waals surface area contributed by atoms with Gasteiger partial charge in [0.15, 0.2) is 17.3 Å². The summed E-state index contributed by atoms with van der Waals surface area (Å²) in [7, 11) is 0. The fourth-order valence-corrected chi connectivity index (χ4v) is 3.87. The van der Waals surface area contributed by atoms with Crippen LogP contribution >= 0.6 is 11.8 Å². The number of nitrogens with zero attached hydrogens (tertiary/aromatic N) is 1. The van der Waals surface area contributed by atoms with Crippen molar-refractivity contribution in [3.05, 3.63) is 34.8 Å². The van der Waals surface area contributed by atoms with Gasteiger partial charge < -0.3 is 15.3 Å². The molecule has 1 saturated heterocycles. The smallest absolute Gasteiger partial charge is 0.352 e. The van der Waals surface area contributed by atoms with Crippen LogP contribution in [0.15, 0.2) is 23.4 Å². The molecule has 1 fully saturated rings. The van der Waals surface area contributed by atoms with Gasteiger partial charge in [0.25, 0.3) is 0 Å². The minimum atomic E-state index is -1.20. The van der Waals surface area contributed by atoms with E-state index < -0.39 is 23.3 Å². The number of hydrogen-bond acceptors (Lipinski definition) is 5. The van der Waals surface area contributed by atoms with Crippen LogP contribution in [-0.2, 0) is 16.0 Å². The highest BCUT2D eigenvalue weighted by atomic mass is 32.2. The summed E-state index contributed by atoms with van der Waals surface area (Å²) in [5.74, 6) is -3.45. The summed E-state index contributed by atoms with van der Waals surface area (Å²) in [6.45, 7) is 0. The fraction of sp³-hybridized carbons (Fsp3) is 0.286. The number of amides is 1. The first-order valence-electron chi connectivity index (χ1n) is 6.48. The van der Waals surface area contributed by atoms with Crippen molar-refractivity contribution in [1.82, 2.24) is 4.90 Å². The first-order valence-corrected chi connectivity index (χ1v) is 7.52. The zero-order valence-corrected chi connectivity index (χ0v) is 12.1. The molecule has 2 heterocycles. The summed E-state index contributed by atoms with van der Waals surface area (Å²) in [4.78, 5) is 24.3. The van der Waals surface area contributed by atoms with Gasteiger partial charge in [-0.25, -0.2) is 9.18 Å². The number of rotatable bonds is 3. The Hall–Kier alpha value is -2.22. The van der Waals surface area contributed by atoms with Gasteiger partial charge in [0.1, 0.15) is 5.70 Å². The number of benzene rings is 1. The maximum Gasteiger partial charge on any atom is 0.352 e. The predicted octanol–water partition coefficient (Wildman–Crippen LogP) is 1.42. The number of halogens is 1. The average Bonchev–Trinajstić information content (AvgIpc) is 2.44. The molecule has 0 bridgehead atoms. The number of phenols is 2.